The normalized spacial score (nSPS) is 52.9. The minimum Gasteiger partial charge on any atom is -0.465 e. The minimum atomic E-state index is -1.35. The van der Waals surface area contributed by atoms with E-state index in [-0.39, 0.29) is 41.5 Å². The summed E-state index contributed by atoms with van der Waals surface area (Å²) in [4.78, 5) is 25.3. The van der Waals surface area contributed by atoms with Crippen LogP contribution in [0.5, 0.6) is 0 Å². The van der Waals surface area contributed by atoms with Gasteiger partial charge >= 0.3 is 11.9 Å². The molecule has 7 aliphatic rings. The van der Waals surface area contributed by atoms with Gasteiger partial charge in [0.25, 0.3) is 0 Å². The molecule has 0 aromatic heterocycles. The number of ether oxygens (including phenoxy) is 5. The molecule has 0 aromatic carbocycles. The molecule has 5 aliphatic carbocycles. The molecule has 290 valence electrons. The fourth-order valence-corrected chi connectivity index (χ4v) is 13.9. The van der Waals surface area contributed by atoms with Crippen molar-refractivity contribution >= 4 is 11.9 Å². The average molecular weight is 723 g/mol. The summed E-state index contributed by atoms with van der Waals surface area (Å²) >= 11 is 0. The third kappa shape index (κ3) is 5.20. The zero-order valence-corrected chi connectivity index (χ0v) is 31.7. The Hall–Kier alpha value is -1.38. The van der Waals surface area contributed by atoms with Crippen LogP contribution in [0.25, 0.3) is 0 Å². The summed E-state index contributed by atoms with van der Waals surface area (Å²) < 4.78 is 31.0. The number of esters is 2. The van der Waals surface area contributed by atoms with Gasteiger partial charge in [-0.1, -0.05) is 20.8 Å². The SMILES string of the molecule is CC(=O)OC[C@]12CC[C@@]34C[C@@]35CC[C@H](O[C@@H]3OC[C@@H](O)[C@H](O)[C@H]3O)C(C)(C)[C@@H]5CC[C@H]4[C@]1(C)[C@@H](O)[C@H](OC(C)=O)[C@@H]2[C@]1(C)CC[C@H](C(C)(C)O)O1. The summed E-state index contributed by atoms with van der Waals surface area (Å²) in [6.07, 6.45) is -0.339. The van der Waals surface area contributed by atoms with E-state index in [1.807, 2.05) is 6.92 Å². The molecule has 12 heteroatoms. The van der Waals surface area contributed by atoms with Gasteiger partial charge in [0.1, 0.15) is 24.4 Å². The number of hydrogen-bond acceptors (Lipinski definition) is 12. The lowest BCUT2D eigenvalue weighted by Gasteiger charge is -2.64. The average Bonchev–Trinajstić information content (AvgIpc) is 3.45. The Morgan fingerprint density at radius 2 is 1.51 bits per heavy atom. The van der Waals surface area contributed by atoms with Crippen molar-refractivity contribution < 1.29 is 58.8 Å². The number of aliphatic hydroxyl groups is 5. The van der Waals surface area contributed by atoms with Gasteiger partial charge in [-0.15, -0.1) is 0 Å². The highest BCUT2D eigenvalue weighted by Gasteiger charge is 2.86. The highest BCUT2D eigenvalue weighted by atomic mass is 16.7. The first kappa shape index (κ1) is 37.9. The van der Waals surface area contributed by atoms with Crippen LogP contribution in [0.3, 0.4) is 0 Å². The highest BCUT2D eigenvalue weighted by molar-refractivity contribution is 5.67. The van der Waals surface area contributed by atoms with Crippen LogP contribution in [0.2, 0.25) is 0 Å². The molecule has 51 heavy (non-hydrogen) atoms. The van der Waals surface area contributed by atoms with Crippen molar-refractivity contribution in [3.05, 3.63) is 0 Å². The van der Waals surface area contributed by atoms with Crippen molar-refractivity contribution in [3.63, 3.8) is 0 Å². The minimum absolute atomic E-state index is 0.00608. The third-order valence-electron chi connectivity index (χ3n) is 16.2. The number of aliphatic hydroxyl groups excluding tert-OH is 4. The van der Waals surface area contributed by atoms with Gasteiger partial charge < -0.3 is 49.2 Å². The second kappa shape index (κ2) is 12.1. The van der Waals surface area contributed by atoms with E-state index >= 15 is 0 Å². The summed E-state index contributed by atoms with van der Waals surface area (Å²) in [6.45, 7) is 14.9. The number of fused-ring (bicyclic) bond motifs is 2. The van der Waals surface area contributed by atoms with E-state index in [9.17, 15) is 35.1 Å². The molecular weight excluding hydrogens is 660 g/mol. The van der Waals surface area contributed by atoms with Crippen molar-refractivity contribution in [3.8, 4) is 0 Å². The lowest BCUT2D eigenvalue weighted by molar-refractivity contribution is -0.303. The van der Waals surface area contributed by atoms with Crippen LogP contribution >= 0.6 is 0 Å². The van der Waals surface area contributed by atoms with Gasteiger partial charge in [-0.25, -0.2) is 0 Å². The predicted octanol–water partition coefficient (Wildman–Crippen LogP) is 3.01. The van der Waals surface area contributed by atoms with Crippen LogP contribution in [0.1, 0.15) is 113 Å². The Morgan fingerprint density at radius 1 is 0.843 bits per heavy atom. The summed E-state index contributed by atoms with van der Waals surface area (Å²) in [6, 6.07) is 0. The van der Waals surface area contributed by atoms with Crippen LogP contribution in [0.4, 0.5) is 0 Å². The Kier molecular flexibility index (Phi) is 8.97. The van der Waals surface area contributed by atoms with E-state index in [0.29, 0.717) is 25.2 Å². The molecule has 2 spiro atoms. The summed E-state index contributed by atoms with van der Waals surface area (Å²) in [5.41, 5.74) is -3.86. The number of carbonyl (C=O) groups excluding carboxylic acids is 2. The number of carbonyl (C=O) groups is 2. The van der Waals surface area contributed by atoms with Crippen molar-refractivity contribution in [1.82, 2.24) is 0 Å². The molecule has 2 heterocycles. The van der Waals surface area contributed by atoms with Crippen molar-refractivity contribution in [2.75, 3.05) is 13.2 Å². The van der Waals surface area contributed by atoms with Crippen molar-refractivity contribution in [2.45, 2.75) is 173 Å². The molecule has 2 saturated heterocycles. The molecule has 5 saturated carbocycles. The van der Waals surface area contributed by atoms with E-state index in [4.69, 9.17) is 23.7 Å². The van der Waals surface area contributed by atoms with E-state index < -0.39 is 82.8 Å². The van der Waals surface area contributed by atoms with Gasteiger partial charge in [0, 0.05) is 30.6 Å². The second-order valence-electron chi connectivity index (χ2n) is 19.2. The molecule has 0 aromatic rings. The van der Waals surface area contributed by atoms with Crippen molar-refractivity contribution in [2.24, 2.45) is 44.8 Å². The standard InChI is InChI=1S/C39H62O12/c1-20(40)48-19-39-16-15-38-18-37(38)14-12-25(50-32-28(44)27(43)22(42)17-47-32)33(3,4)23(37)9-10-24(38)36(39,8)31(45)29(49-21(2)41)30(39)35(7)13-11-26(51-35)34(5,6)46/h22-32,42-46H,9-19H2,1-8H3/t22-,23+,24+,25+,26-,27+,28-,29-,30-,31+,32+,35+,36-,37-,38+,39+/m1/s1. The maximum absolute atomic E-state index is 12.8. The molecule has 7 fully saturated rings. The fourth-order valence-electron chi connectivity index (χ4n) is 13.9. The largest absolute Gasteiger partial charge is 0.465 e. The first-order valence-electron chi connectivity index (χ1n) is 19.3. The monoisotopic (exact) mass is 722 g/mol. The Morgan fingerprint density at radius 3 is 2.14 bits per heavy atom. The van der Waals surface area contributed by atoms with Gasteiger partial charge in [0.05, 0.1) is 42.7 Å². The summed E-state index contributed by atoms with van der Waals surface area (Å²) in [5.74, 6) is -1.01. The molecule has 0 amide bonds. The topological polar surface area (TPSA) is 181 Å². The quantitative estimate of drug-likeness (QED) is 0.192. The fraction of sp³-hybridized carbons (Fsp3) is 0.949. The molecule has 7 rings (SSSR count). The van der Waals surface area contributed by atoms with E-state index in [2.05, 4.69) is 20.8 Å². The zero-order chi connectivity index (χ0) is 37.3. The molecule has 0 unspecified atom stereocenters. The van der Waals surface area contributed by atoms with E-state index in [0.717, 1.165) is 38.5 Å². The van der Waals surface area contributed by atoms with Crippen LogP contribution in [0, 0.1) is 44.8 Å². The number of rotatable bonds is 7. The van der Waals surface area contributed by atoms with Crippen LogP contribution in [-0.4, -0.2) is 111 Å². The predicted molar refractivity (Wildman–Crippen MR) is 182 cm³/mol. The first-order chi connectivity index (χ1) is 23.6. The molecule has 12 nitrogen and oxygen atoms in total. The lowest BCUT2D eigenvalue weighted by atomic mass is 9.41. The van der Waals surface area contributed by atoms with Gasteiger partial charge in [0.15, 0.2) is 6.29 Å². The second-order valence-corrected chi connectivity index (χ2v) is 19.2. The van der Waals surface area contributed by atoms with Crippen LogP contribution < -0.4 is 0 Å². The van der Waals surface area contributed by atoms with E-state index in [1.165, 1.54) is 13.8 Å². The van der Waals surface area contributed by atoms with Crippen LogP contribution in [0.15, 0.2) is 0 Å². The molecule has 16 atom stereocenters. The first-order valence-corrected chi connectivity index (χ1v) is 19.3. The Bertz CT molecular complexity index is 1400. The van der Waals surface area contributed by atoms with Gasteiger partial charge in [-0.2, -0.15) is 0 Å². The maximum Gasteiger partial charge on any atom is 0.303 e. The van der Waals surface area contributed by atoms with Gasteiger partial charge in [-0.3, -0.25) is 9.59 Å². The molecule has 5 N–H and O–H groups in total. The Labute approximate surface area is 301 Å². The molecule has 0 bridgehead atoms. The molecule has 2 aliphatic heterocycles. The lowest BCUT2D eigenvalue weighted by Crippen LogP contribution is -2.63. The van der Waals surface area contributed by atoms with Crippen LogP contribution in [-0.2, 0) is 33.3 Å². The molecule has 0 radical (unpaired) electrons. The summed E-state index contributed by atoms with van der Waals surface area (Å²) in [5, 5.41) is 54.7. The highest BCUT2D eigenvalue weighted by Crippen LogP contribution is 2.89. The zero-order valence-electron chi connectivity index (χ0n) is 31.7. The maximum atomic E-state index is 12.8. The third-order valence-corrected chi connectivity index (χ3v) is 16.2. The molecular formula is C39H62O12. The van der Waals surface area contributed by atoms with Crippen molar-refractivity contribution in [1.29, 1.82) is 0 Å². The summed E-state index contributed by atoms with van der Waals surface area (Å²) in [7, 11) is 0. The number of hydrogen-bond donors (Lipinski definition) is 5. The van der Waals surface area contributed by atoms with Gasteiger partial charge in [0.2, 0.25) is 0 Å². The smallest absolute Gasteiger partial charge is 0.303 e. The van der Waals surface area contributed by atoms with E-state index in [1.54, 1.807) is 13.8 Å². The Balaban J connectivity index is 1.24. The van der Waals surface area contributed by atoms with Gasteiger partial charge in [-0.05, 0) is 107 Å².